The molecular formula is C26H32N4O4S. The van der Waals surface area contributed by atoms with Crippen LogP contribution in [0.25, 0.3) is 0 Å². The van der Waals surface area contributed by atoms with Crippen LogP contribution in [-0.2, 0) is 20.9 Å². The lowest BCUT2D eigenvalue weighted by Gasteiger charge is -2.24. The van der Waals surface area contributed by atoms with Crippen LogP contribution in [0.4, 0.5) is 5.69 Å². The molecule has 0 aliphatic carbocycles. The Morgan fingerprint density at radius 1 is 1.03 bits per heavy atom. The van der Waals surface area contributed by atoms with E-state index in [4.69, 9.17) is 17.0 Å². The van der Waals surface area contributed by atoms with Crippen molar-refractivity contribution in [3.8, 4) is 5.75 Å². The number of anilines is 1. The molecule has 0 spiro atoms. The van der Waals surface area contributed by atoms with Gasteiger partial charge in [0, 0.05) is 18.2 Å². The van der Waals surface area contributed by atoms with Crippen LogP contribution >= 0.6 is 12.2 Å². The van der Waals surface area contributed by atoms with Gasteiger partial charge in [-0.1, -0.05) is 56.2 Å². The lowest BCUT2D eigenvalue weighted by Crippen LogP contribution is -2.49. The topological polar surface area (TPSA) is 91.0 Å². The van der Waals surface area contributed by atoms with Crippen LogP contribution in [0.1, 0.15) is 51.5 Å². The number of carbonyl (C=O) groups excluding carboxylic acids is 3. The highest BCUT2D eigenvalue weighted by Gasteiger charge is 2.44. The van der Waals surface area contributed by atoms with E-state index < -0.39 is 6.04 Å². The zero-order valence-electron chi connectivity index (χ0n) is 20.2. The normalized spacial score (nSPS) is 15.3. The molecular weight excluding hydrogens is 464 g/mol. The number of ether oxygens (including phenoxy) is 1. The van der Waals surface area contributed by atoms with Crippen molar-refractivity contribution < 1.29 is 19.1 Å². The third kappa shape index (κ3) is 7.26. The molecule has 1 fully saturated rings. The van der Waals surface area contributed by atoms with Crippen LogP contribution < -0.4 is 15.5 Å². The molecule has 0 aromatic heterocycles. The van der Waals surface area contributed by atoms with Crippen molar-refractivity contribution in [1.82, 2.24) is 15.3 Å². The van der Waals surface area contributed by atoms with Gasteiger partial charge in [0.2, 0.25) is 11.8 Å². The fourth-order valence-corrected chi connectivity index (χ4v) is 4.13. The molecule has 3 amide bonds. The molecule has 186 valence electrons. The molecule has 2 N–H and O–H groups in total. The van der Waals surface area contributed by atoms with E-state index >= 15 is 0 Å². The molecule has 2 aromatic rings. The third-order valence-corrected chi connectivity index (χ3v) is 5.96. The van der Waals surface area contributed by atoms with Crippen LogP contribution in [0, 0.1) is 0 Å². The smallest absolute Gasteiger partial charge is 0.254 e. The molecule has 1 aliphatic heterocycles. The van der Waals surface area contributed by atoms with Gasteiger partial charge in [0.25, 0.3) is 5.91 Å². The van der Waals surface area contributed by atoms with Gasteiger partial charge in [0.1, 0.15) is 11.8 Å². The molecule has 9 heteroatoms. The van der Waals surface area contributed by atoms with E-state index in [0.717, 1.165) is 24.8 Å². The highest BCUT2D eigenvalue weighted by molar-refractivity contribution is 7.80. The lowest BCUT2D eigenvalue weighted by atomic mass is 10.1. The Morgan fingerprint density at radius 3 is 2.51 bits per heavy atom. The molecule has 2 aromatic carbocycles. The van der Waals surface area contributed by atoms with E-state index in [1.54, 1.807) is 24.3 Å². The van der Waals surface area contributed by atoms with Gasteiger partial charge in [-0.15, -0.1) is 0 Å². The summed E-state index contributed by atoms with van der Waals surface area (Å²) >= 11 is 5.57. The maximum Gasteiger partial charge on any atom is 0.254 e. The van der Waals surface area contributed by atoms with Gasteiger partial charge in [0.05, 0.1) is 19.6 Å². The summed E-state index contributed by atoms with van der Waals surface area (Å²) in [5, 5.41) is 4.36. The highest BCUT2D eigenvalue weighted by Crippen LogP contribution is 2.23. The predicted molar refractivity (Wildman–Crippen MR) is 138 cm³/mol. The van der Waals surface area contributed by atoms with Crippen molar-refractivity contribution in [2.45, 2.75) is 58.5 Å². The number of thiocarbonyl (C=S) groups is 1. The van der Waals surface area contributed by atoms with E-state index in [1.165, 1.54) is 9.91 Å². The summed E-state index contributed by atoms with van der Waals surface area (Å²) in [6, 6.07) is 15.6. The molecule has 0 bridgehead atoms. The predicted octanol–water partition coefficient (Wildman–Crippen LogP) is 4.02. The van der Waals surface area contributed by atoms with Crippen LogP contribution in [0.2, 0.25) is 0 Å². The number of hydrazine groups is 1. The van der Waals surface area contributed by atoms with Gasteiger partial charge in [-0.05, 0) is 43.3 Å². The SMILES string of the molecule is CCCCCC(=O)NN1C(=S)N(Cc2ccccc2)C(=O)C1CC(=O)Nc1cccc(OCC)c1. The standard InChI is InChI=1S/C26H32N4O4S/c1-3-5-7-15-23(31)28-30-22(17-24(32)27-20-13-10-14-21(16-20)34-4-2)25(33)29(26(30)35)18-19-11-8-6-9-12-19/h6,8-14,16,22H,3-5,7,15,17-18H2,1-2H3,(H,27,32)(H,28,31). The second kappa shape index (κ2) is 12.9. The summed E-state index contributed by atoms with van der Waals surface area (Å²) in [5.41, 5.74) is 4.23. The summed E-state index contributed by atoms with van der Waals surface area (Å²) in [4.78, 5) is 40.2. The largest absolute Gasteiger partial charge is 0.494 e. The maximum atomic E-state index is 13.3. The lowest BCUT2D eigenvalue weighted by molar-refractivity contribution is -0.133. The van der Waals surface area contributed by atoms with Crippen LogP contribution in [0.5, 0.6) is 5.75 Å². The van der Waals surface area contributed by atoms with Gasteiger partial charge in [0.15, 0.2) is 5.11 Å². The molecule has 8 nitrogen and oxygen atoms in total. The Balaban J connectivity index is 1.74. The van der Waals surface area contributed by atoms with Crippen molar-refractivity contribution in [3.63, 3.8) is 0 Å². The molecule has 1 heterocycles. The summed E-state index contributed by atoms with van der Waals surface area (Å²) in [6.07, 6.45) is 2.82. The molecule has 3 rings (SSSR count). The number of hydrogen-bond acceptors (Lipinski definition) is 5. The second-order valence-electron chi connectivity index (χ2n) is 8.28. The highest BCUT2D eigenvalue weighted by atomic mass is 32.1. The minimum Gasteiger partial charge on any atom is -0.494 e. The first-order valence-corrected chi connectivity index (χ1v) is 12.3. The van der Waals surface area contributed by atoms with Crippen molar-refractivity contribution >= 4 is 40.7 Å². The van der Waals surface area contributed by atoms with E-state index in [-0.39, 0.29) is 35.8 Å². The number of amides is 3. The van der Waals surface area contributed by atoms with Gasteiger partial charge in [-0.25, -0.2) is 5.01 Å². The number of unbranched alkanes of at least 4 members (excludes halogenated alkanes) is 2. The first-order valence-electron chi connectivity index (χ1n) is 11.9. The number of rotatable bonds is 12. The third-order valence-electron chi connectivity index (χ3n) is 5.54. The molecule has 1 unspecified atom stereocenters. The van der Waals surface area contributed by atoms with E-state index in [0.29, 0.717) is 24.5 Å². The van der Waals surface area contributed by atoms with Gasteiger partial charge in [-0.2, -0.15) is 0 Å². The summed E-state index contributed by atoms with van der Waals surface area (Å²) in [7, 11) is 0. The zero-order valence-corrected chi connectivity index (χ0v) is 21.0. The minimum atomic E-state index is -0.934. The van der Waals surface area contributed by atoms with E-state index in [2.05, 4.69) is 17.7 Å². The summed E-state index contributed by atoms with van der Waals surface area (Å²) in [5.74, 6) is -0.291. The van der Waals surface area contributed by atoms with Crippen LogP contribution in [-0.4, -0.2) is 45.4 Å². The van der Waals surface area contributed by atoms with Gasteiger partial charge < -0.3 is 10.1 Å². The molecule has 1 aliphatic rings. The summed E-state index contributed by atoms with van der Waals surface area (Å²) in [6.45, 7) is 4.71. The monoisotopic (exact) mass is 496 g/mol. The molecule has 1 saturated heterocycles. The maximum absolute atomic E-state index is 13.3. The first kappa shape index (κ1) is 26.2. The van der Waals surface area contributed by atoms with Crippen LogP contribution in [0.3, 0.4) is 0 Å². The van der Waals surface area contributed by atoms with Gasteiger partial charge >= 0.3 is 0 Å². The molecule has 1 atom stereocenters. The van der Waals surface area contributed by atoms with Crippen molar-refractivity contribution in [2.24, 2.45) is 0 Å². The van der Waals surface area contributed by atoms with Crippen molar-refractivity contribution in [1.29, 1.82) is 0 Å². The molecule has 0 radical (unpaired) electrons. The van der Waals surface area contributed by atoms with Crippen LogP contribution in [0.15, 0.2) is 54.6 Å². The quantitative estimate of drug-likeness (QED) is 0.341. The fraction of sp³-hybridized carbons (Fsp3) is 0.385. The Bertz CT molecular complexity index is 1050. The first-order chi connectivity index (χ1) is 16.9. The Morgan fingerprint density at radius 2 is 1.80 bits per heavy atom. The van der Waals surface area contributed by atoms with Crippen molar-refractivity contribution in [2.75, 3.05) is 11.9 Å². The average molecular weight is 497 g/mol. The number of nitrogens with zero attached hydrogens (tertiary/aromatic N) is 2. The number of nitrogens with one attached hydrogen (secondary N) is 2. The Labute approximate surface area is 211 Å². The molecule has 0 saturated carbocycles. The van der Waals surface area contributed by atoms with E-state index in [9.17, 15) is 14.4 Å². The summed E-state index contributed by atoms with van der Waals surface area (Å²) < 4.78 is 5.48. The zero-order chi connectivity index (χ0) is 25.2. The average Bonchev–Trinajstić information content (AvgIpc) is 3.04. The molecule has 35 heavy (non-hydrogen) atoms. The number of benzene rings is 2. The number of carbonyl (C=O) groups is 3. The van der Waals surface area contributed by atoms with Crippen molar-refractivity contribution in [3.05, 3.63) is 60.2 Å². The Hall–Kier alpha value is -3.46. The fourth-order valence-electron chi connectivity index (χ4n) is 3.81. The van der Waals surface area contributed by atoms with Gasteiger partial charge in [-0.3, -0.25) is 24.7 Å². The minimum absolute atomic E-state index is 0.168. The number of hydrogen-bond donors (Lipinski definition) is 2. The second-order valence-corrected chi connectivity index (χ2v) is 8.65. The Kier molecular flexibility index (Phi) is 9.60. The van der Waals surface area contributed by atoms with E-state index in [1.807, 2.05) is 37.3 Å².